The minimum atomic E-state index is 0.423. The van der Waals surface area contributed by atoms with Crippen molar-refractivity contribution in [3.63, 3.8) is 0 Å². The molecule has 1 aliphatic carbocycles. The minimum absolute atomic E-state index is 0.423. The van der Waals surface area contributed by atoms with Gasteiger partial charge >= 0.3 is 0 Å². The van der Waals surface area contributed by atoms with Gasteiger partial charge < -0.3 is 9.30 Å². The second-order valence-corrected chi connectivity index (χ2v) is 6.08. The number of rotatable bonds is 4. The molecule has 0 atom stereocenters. The lowest BCUT2D eigenvalue weighted by molar-refractivity contribution is 0.291. The molecular weight excluding hydrogens is 282 g/mol. The van der Waals surface area contributed by atoms with Gasteiger partial charge in [-0.15, -0.1) is 0 Å². The van der Waals surface area contributed by atoms with Crippen LogP contribution in [0.25, 0.3) is 0 Å². The van der Waals surface area contributed by atoms with Crippen molar-refractivity contribution in [3.05, 3.63) is 40.4 Å². The molecule has 1 aliphatic rings. The van der Waals surface area contributed by atoms with Crippen LogP contribution in [0, 0.1) is 4.77 Å². The summed E-state index contributed by atoms with van der Waals surface area (Å²) in [6.07, 6.45) is 6.77. The molecule has 2 aromatic rings. The van der Waals surface area contributed by atoms with Gasteiger partial charge in [0.25, 0.3) is 0 Å². The molecule has 0 spiro atoms. The molecule has 1 heterocycles. The van der Waals surface area contributed by atoms with Crippen molar-refractivity contribution in [3.8, 4) is 5.75 Å². The summed E-state index contributed by atoms with van der Waals surface area (Å²) in [5, 5.41) is 6.90. The van der Waals surface area contributed by atoms with E-state index in [0.29, 0.717) is 11.4 Å². The molecule has 0 unspecified atom stereocenters. The molecular formula is C16H21N3OS. The van der Waals surface area contributed by atoms with Crippen molar-refractivity contribution in [1.82, 2.24) is 14.8 Å². The number of nitrogens with zero attached hydrogens (tertiary/aromatic N) is 2. The maximum atomic E-state index is 5.78. The number of nitrogens with one attached hydrogen (secondary N) is 1. The van der Waals surface area contributed by atoms with Gasteiger partial charge in [0.2, 0.25) is 0 Å². The van der Waals surface area contributed by atoms with Crippen molar-refractivity contribution in [2.45, 2.75) is 44.6 Å². The molecule has 21 heavy (non-hydrogen) atoms. The lowest BCUT2D eigenvalue weighted by Gasteiger charge is -2.22. The van der Waals surface area contributed by atoms with E-state index in [9.17, 15) is 0 Å². The van der Waals surface area contributed by atoms with Crippen LogP contribution >= 0.6 is 12.2 Å². The highest BCUT2D eigenvalue weighted by atomic mass is 32.1. The van der Waals surface area contributed by atoms with Gasteiger partial charge in [-0.05, 0) is 48.7 Å². The second kappa shape index (κ2) is 6.43. The summed E-state index contributed by atoms with van der Waals surface area (Å²) in [4.78, 5) is 0. The minimum Gasteiger partial charge on any atom is -0.486 e. The lowest BCUT2D eigenvalue weighted by Crippen LogP contribution is -2.05. The first kappa shape index (κ1) is 14.3. The lowest BCUT2D eigenvalue weighted by atomic mass is 9.84. The fourth-order valence-corrected chi connectivity index (χ4v) is 3.08. The first-order chi connectivity index (χ1) is 10.2. The molecule has 112 valence electrons. The third-order valence-corrected chi connectivity index (χ3v) is 4.66. The van der Waals surface area contributed by atoms with E-state index in [-0.39, 0.29) is 0 Å². The molecule has 0 radical (unpaired) electrons. The van der Waals surface area contributed by atoms with Gasteiger partial charge in [0.05, 0.1) is 0 Å². The van der Waals surface area contributed by atoms with Crippen molar-refractivity contribution < 1.29 is 4.74 Å². The Morgan fingerprint density at radius 2 is 1.95 bits per heavy atom. The Kier molecular flexibility index (Phi) is 4.39. The Morgan fingerprint density at radius 3 is 2.57 bits per heavy atom. The van der Waals surface area contributed by atoms with Crippen LogP contribution < -0.4 is 4.74 Å². The normalized spacial score (nSPS) is 16.0. The van der Waals surface area contributed by atoms with Crippen LogP contribution in [0.3, 0.4) is 0 Å². The van der Waals surface area contributed by atoms with Crippen LogP contribution in [-0.2, 0) is 13.7 Å². The molecule has 0 aliphatic heterocycles. The van der Waals surface area contributed by atoms with E-state index in [1.165, 1.54) is 37.7 Å². The average Bonchev–Trinajstić information content (AvgIpc) is 2.86. The predicted molar refractivity (Wildman–Crippen MR) is 85.0 cm³/mol. The summed E-state index contributed by atoms with van der Waals surface area (Å²) in [7, 11) is 1.89. The second-order valence-electron chi connectivity index (χ2n) is 5.70. The van der Waals surface area contributed by atoms with Crippen molar-refractivity contribution in [2.24, 2.45) is 7.05 Å². The van der Waals surface area contributed by atoms with E-state index in [0.717, 1.165) is 17.5 Å². The zero-order chi connectivity index (χ0) is 14.7. The first-order valence-electron chi connectivity index (χ1n) is 7.57. The molecule has 0 saturated heterocycles. The van der Waals surface area contributed by atoms with E-state index in [4.69, 9.17) is 17.0 Å². The Hall–Kier alpha value is -1.62. The average molecular weight is 303 g/mol. The summed E-state index contributed by atoms with van der Waals surface area (Å²) < 4.78 is 8.22. The van der Waals surface area contributed by atoms with E-state index in [1.54, 1.807) is 0 Å². The van der Waals surface area contributed by atoms with Crippen molar-refractivity contribution in [2.75, 3.05) is 0 Å². The molecule has 4 nitrogen and oxygen atoms in total. The summed E-state index contributed by atoms with van der Waals surface area (Å²) in [5.41, 5.74) is 1.44. The predicted octanol–water partition coefficient (Wildman–Crippen LogP) is 4.10. The Labute approximate surface area is 130 Å². The Bertz CT molecular complexity index is 638. The van der Waals surface area contributed by atoms with E-state index >= 15 is 0 Å². The molecule has 1 aromatic carbocycles. The Morgan fingerprint density at radius 1 is 1.24 bits per heavy atom. The van der Waals surface area contributed by atoms with E-state index in [2.05, 4.69) is 34.5 Å². The number of H-pyrrole nitrogens is 1. The van der Waals surface area contributed by atoms with Crippen LogP contribution in [-0.4, -0.2) is 14.8 Å². The van der Waals surface area contributed by atoms with Gasteiger partial charge in [-0.2, -0.15) is 5.10 Å². The molecule has 1 saturated carbocycles. The fraction of sp³-hybridized carbons (Fsp3) is 0.500. The quantitative estimate of drug-likeness (QED) is 0.865. The van der Waals surface area contributed by atoms with Gasteiger partial charge in [0.15, 0.2) is 10.6 Å². The highest BCUT2D eigenvalue weighted by Crippen LogP contribution is 2.33. The molecule has 5 heteroatoms. The molecule has 1 fully saturated rings. The van der Waals surface area contributed by atoms with Gasteiger partial charge in [0.1, 0.15) is 12.4 Å². The summed E-state index contributed by atoms with van der Waals surface area (Å²) >= 11 is 5.08. The molecule has 1 N–H and O–H groups in total. The highest BCUT2D eigenvalue weighted by molar-refractivity contribution is 7.71. The van der Waals surface area contributed by atoms with Gasteiger partial charge in [-0.1, -0.05) is 31.4 Å². The molecule has 0 amide bonds. The Balaban J connectivity index is 1.61. The summed E-state index contributed by atoms with van der Waals surface area (Å²) in [5.74, 6) is 2.42. The van der Waals surface area contributed by atoms with Gasteiger partial charge in [-0.3, -0.25) is 5.10 Å². The number of hydrogen-bond acceptors (Lipinski definition) is 3. The number of benzene rings is 1. The SMILES string of the molecule is Cn1c(COc2ccc(C3CCCCC3)cc2)n[nH]c1=S. The maximum Gasteiger partial charge on any atom is 0.194 e. The highest BCUT2D eigenvalue weighted by Gasteiger charge is 2.15. The molecule has 3 rings (SSSR count). The summed E-state index contributed by atoms with van der Waals surface area (Å²) in [6.45, 7) is 0.423. The van der Waals surface area contributed by atoms with Crippen molar-refractivity contribution in [1.29, 1.82) is 0 Å². The van der Waals surface area contributed by atoms with Crippen LogP contribution in [0.15, 0.2) is 24.3 Å². The van der Waals surface area contributed by atoms with Crippen LogP contribution in [0.5, 0.6) is 5.75 Å². The van der Waals surface area contributed by atoms with Crippen LogP contribution in [0.1, 0.15) is 49.4 Å². The van der Waals surface area contributed by atoms with Crippen LogP contribution in [0.2, 0.25) is 0 Å². The summed E-state index contributed by atoms with van der Waals surface area (Å²) in [6, 6.07) is 8.53. The van der Waals surface area contributed by atoms with E-state index < -0.39 is 0 Å². The standard InChI is InChI=1S/C16H21N3OS/c1-19-15(17-18-16(19)21)11-20-14-9-7-13(8-10-14)12-5-3-2-4-6-12/h7-10,12H,2-6,11H2,1H3,(H,18,21). The van der Waals surface area contributed by atoms with Crippen molar-refractivity contribution >= 4 is 12.2 Å². The largest absolute Gasteiger partial charge is 0.486 e. The number of aromatic amines is 1. The smallest absolute Gasteiger partial charge is 0.194 e. The van der Waals surface area contributed by atoms with Gasteiger partial charge in [0, 0.05) is 7.05 Å². The van der Waals surface area contributed by atoms with Crippen LogP contribution in [0.4, 0.5) is 0 Å². The number of ether oxygens (including phenoxy) is 1. The molecule has 1 aromatic heterocycles. The molecule has 0 bridgehead atoms. The monoisotopic (exact) mass is 303 g/mol. The zero-order valence-corrected chi connectivity index (χ0v) is 13.2. The first-order valence-corrected chi connectivity index (χ1v) is 7.98. The van der Waals surface area contributed by atoms with E-state index in [1.807, 2.05) is 11.6 Å². The zero-order valence-electron chi connectivity index (χ0n) is 12.3. The fourth-order valence-electron chi connectivity index (χ4n) is 2.93. The maximum absolute atomic E-state index is 5.78. The van der Waals surface area contributed by atoms with Gasteiger partial charge in [-0.25, -0.2) is 0 Å². The third-order valence-electron chi connectivity index (χ3n) is 4.30. The topological polar surface area (TPSA) is 42.8 Å². The number of aromatic nitrogens is 3. The third kappa shape index (κ3) is 3.35. The number of hydrogen-bond donors (Lipinski definition) is 1.